The maximum absolute atomic E-state index is 12.8. The van der Waals surface area contributed by atoms with Gasteiger partial charge >= 0.3 is 0 Å². The molecule has 0 bridgehead atoms. The van der Waals surface area contributed by atoms with Crippen molar-refractivity contribution >= 4 is 25.4 Å². The number of fused-ring (bicyclic) bond motifs is 1. The number of nitrogens with one attached hydrogen (secondary N) is 2. The van der Waals surface area contributed by atoms with Gasteiger partial charge in [-0.25, -0.2) is 4.98 Å². The molecule has 2 atom stereocenters. The van der Waals surface area contributed by atoms with Gasteiger partial charge in [-0.05, 0) is 57.0 Å². The molecule has 3 aromatic rings. The summed E-state index contributed by atoms with van der Waals surface area (Å²) < 4.78 is 1.83. The van der Waals surface area contributed by atoms with Gasteiger partial charge in [0.2, 0.25) is 0 Å². The van der Waals surface area contributed by atoms with E-state index in [0.717, 1.165) is 69.1 Å². The van der Waals surface area contributed by atoms with Crippen molar-refractivity contribution in [2.75, 3.05) is 31.5 Å². The Hall–Kier alpha value is -2.91. The molecule has 1 saturated heterocycles. The SMILES string of the molecule is [B]N1CCN(Cc2ccc(C(=O)NC3CCC(Nc4cc(C)nc5ccnn45)C3)cc2)CC1. The van der Waals surface area contributed by atoms with Crippen molar-refractivity contribution in [3.8, 4) is 0 Å². The first-order valence-electron chi connectivity index (χ1n) is 11.7. The van der Waals surface area contributed by atoms with E-state index in [2.05, 4.69) is 37.7 Å². The third-order valence-electron chi connectivity index (χ3n) is 6.64. The quantitative estimate of drug-likeness (QED) is 0.568. The Morgan fingerprint density at radius 3 is 2.64 bits per heavy atom. The second kappa shape index (κ2) is 9.53. The van der Waals surface area contributed by atoms with E-state index >= 15 is 0 Å². The van der Waals surface area contributed by atoms with Crippen LogP contribution in [0.15, 0.2) is 42.6 Å². The molecule has 8 nitrogen and oxygen atoms in total. The summed E-state index contributed by atoms with van der Waals surface area (Å²) in [4.78, 5) is 21.6. The van der Waals surface area contributed by atoms with Gasteiger partial charge in [0.25, 0.3) is 5.91 Å². The number of amides is 1. The lowest BCUT2D eigenvalue weighted by atomic mass is 10.1. The average molecular weight is 443 g/mol. The number of benzene rings is 1. The van der Waals surface area contributed by atoms with Crippen LogP contribution in [-0.4, -0.2) is 76.5 Å². The molecule has 2 aliphatic rings. The number of aromatic nitrogens is 3. The number of piperazine rings is 1. The number of aryl methyl sites for hydroxylation is 1. The van der Waals surface area contributed by atoms with Crippen LogP contribution in [0.3, 0.4) is 0 Å². The zero-order valence-corrected chi connectivity index (χ0v) is 19.1. The van der Waals surface area contributed by atoms with Crippen LogP contribution in [0.4, 0.5) is 5.82 Å². The summed E-state index contributed by atoms with van der Waals surface area (Å²) in [5.74, 6) is 0.945. The normalized spacial score (nSPS) is 22.0. The van der Waals surface area contributed by atoms with Gasteiger partial charge in [-0.2, -0.15) is 9.61 Å². The fourth-order valence-corrected chi connectivity index (χ4v) is 4.80. The van der Waals surface area contributed by atoms with Gasteiger partial charge in [0, 0.05) is 55.1 Å². The molecule has 2 unspecified atom stereocenters. The van der Waals surface area contributed by atoms with E-state index in [4.69, 9.17) is 7.98 Å². The molecule has 3 heterocycles. The zero-order chi connectivity index (χ0) is 22.8. The fourth-order valence-electron chi connectivity index (χ4n) is 4.80. The largest absolute Gasteiger partial charge is 0.367 e. The number of carbonyl (C=O) groups is 1. The topological polar surface area (TPSA) is 77.8 Å². The van der Waals surface area contributed by atoms with Gasteiger partial charge in [-0.15, -0.1) is 0 Å². The fraction of sp³-hybridized carbons (Fsp3) is 0.458. The number of rotatable bonds is 6. The monoisotopic (exact) mass is 443 g/mol. The molecule has 2 N–H and O–H groups in total. The van der Waals surface area contributed by atoms with Crippen molar-refractivity contribution in [3.63, 3.8) is 0 Å². The Morgan fingerprint density at radius 1 is 1.09 bits per heavy atom. The van der Waals surface area contributed by atoms with Crippen LogP contribution in [0.5, 0.6) is 0 Å². The van der Waals surface area contributed by atoms with Crippen molar-refractivity contribution in [1.29, 1.82) is 0 Å². The predicted molar refractivity (Wildman–Crippen MR) is 129 cm³/mol. The Balaban J connectivity index is 1.13. The van der Waals surface area contributed by atoms with Crippen LogP contribution in [0.2, 0.25) is 0 Å². The minimum atomic E-state index is -0.00170. The van der Waals surface area contributed by atoms with Crippen LogP contribution in [0.25, 0.3) is 5.65 Å². The van der Waals surface area contributed by atoms with Crippen LogP contribution < -0.4 is 10.6 Å². The third-order valence-corrected chi connectivity index (χ3v) is 6.64. The Bertz CT molecular complexity index is 1110. The number of nitrogens with zero attached hydrogens (tertiary/aromatic N) is 5. The van der Waals surface area contributed by atoms with Crippen molar-refractivity contribution in [1.82, 2.24) is 29.6 Å². The van der Waals surface area contributed by atoms with E-state index in [0.29, 0.717) is 11.6 Å². The molecule has 1 aromatic carbocycles. The number of hydrogen-bond donors (Lipinski definition) is 2. The Labute approximate surface area is 195 Å². The molecule has 2 aromatic heterocycles. The molecular weight excluding hydrogens is 413 g/mol. The van der Waals surface area contributed by atoms with E-state index in [1.807, 2.05) is 40.5 Å². The van der Waals surface area contributed by atoms with E-state index in [1.54, 1.807) is 6.20 Å². The van der Waals surface area contributed by atoms with Crippen molar-refractivity contribution in [2.24, 2.45) is 0 Å². The molecule has 33 heavy (non-hydrogen) atoms. The van der Waals surface area contributed by atoms with Gasteiger partial charge in [0.05, 0.1) is 6.20 Å². The molecule has 1 saturated carbocycles. The summed E-state index contributed by atoms with van der Waals surface area (Å²) in [6.45, 7) is 6.61. The van der Waals surface area contributed by atoms with Crippen LogP contribution in [-0.2, 0) is 6.54 Å². The highest BCUT2D eigenvalue weighted by Gasteiger charge is 2.27. The van der Waals surface area contributed by atoms with Gasteiger partial charge in [0.15, 0.2) is 13.6 Å². The van der Waals surface area contributed by atoms with E-state index < -0.39 is 0 Å². The van der Waals surface area contributed by atoms with E-state index in [1.165, 1.54) is 5.56 Å². The summed E-state index contributed by atoms with van der Waals surface area (Å²) in [7, 11) is 5.83. The second-order valence-electron chi connectivity index (χ2n) is 9.22. The summed E-state index contributed by atoms with van der Waals surface area (Å²) in [6, 6.07) is 12.4. The molecule has 2 radical (unpaired) electrons. The second-order valence-corrected chi connectivity index (χ2v) is 9.22. The van der Waals surface area contributed by atoms with Crippen molar-refractivity contribution in [3.05, 3.63) is 59.4 Å². The van der Waals surface area contributed by atoms with Crippen molar-refractivity contribution in [2.45, 2.75) is 44.8 Å². The Morgan fingerprint density at radius 2 is 1.85 bits per heavy atom. The molecule has 1 aliphatic heterocycles. The first kappa shape index (κ1) is 21.9. The maximum atomic E-state index is 12.8. The van der Waals surface area contributed by atoms with Crippen LogP contribution in [0, 0.1) is 6.92 Å². The minimum absolute atomic E-state index is 0.00170. The minimum Gasteiger partial charge on any atom is -0.367 e. The Kier molecular flexibility index (Phi) is 6.33. The van der Waals surface area contributed by atoms with Crippen LogP contribution >= 0.6 is 0 Å². The van der Waals surface area contributed by atoms with Gasteiger partial charge < -0.3 is 15.4 Å². The van der Waals surface area contributed by atoms with E-state index in [-0.39, 0.29) is 11.9 Å². The summed E-state index contributed by atoms with van der Waals surface area (Å²) in [6.07, 6.45) is 4.61. The molecule has 2 fully saturated rings. The smallest absolute Gasteiger partial charge is 0.251 e. The summed E-state index contributed by atoms with van der Waals surface area (Å²) >= 11 is 0. The maximum Gasteiger partial charge on any atom is 0.251 e. The molecular formula is C24H30BN7O. The average Bonchev–Trinajstić information content (AvgIpc) is 3.45. The highest BCUT2D eigenvalue weighted by Crippen LogP contribution is 2.24. The molecule has 5 rings (SSSR count). The number of carbonyl (C=O) groups excluding carboxylic acids is 1. The summed E-state index contributed by atoms with van der Waals surface area (Å²) in [5.41, 5.74) is 3.73. The highest BCUT2D eigenvalue weighted by atomic mass is 16.1. The van der Waals surface area contributed by atoms with Crippen LogP contribution in [0.1, 0.15) is 40.9 Å². The molecule has 1 aliphatic carbocycles. The summed E-state index contributed by atoms with van der Waals surface area (Å²) in [5, 5.41) is 11.2. The van der Waals surface area contributed by atoms with E-state index in [9.17, 15) is 4.79 Å². The predicted octanol–water partition coefficient (Wildman–Crippen LogP) is 2.00. The standard InChI is InChI=1S/C24H30BN7O/c1-17-14-23(32-22(27-17)8-9-26-32)28-20-6-7-21(15-20)29-24(33)19-4-2-18(3-5-19)16-30-10-12-31(25)13-11-30/h2-5,8-9,14,20-21,28H,6-7,10-13,15-16H2,1H3,(H,29,33). The molecule has 9 heteroatoms. The number of hydrogen-bond acceptors (Lipinski definition) is 6. The third kappa shape index (κ3) is 5.20. The number of anilines is 1. The molecule has 170 valence electrons. The zero-order valence-electron chi connectivity index (χ0n) is 19.1. The first-order valence-corrected chi connectivity index (χ1v) is 11.7. The van der Waals surface area contributed by atoms with Gasteiger partial charge in [-0.1, -0.05) is 12.1 Å². The first-order chi connectivity index (χ1) is 16.0. The lowest BCUT2D eigenvalue weighted by Gasteiger charge is -2.32. The highest BCUT2D eigenvalue weighted by molar-refractivity contribution is 6.04. The van der Waals surface area contributed by atoms with Gasteiger partial charge in [-0.3, -0.25) is 9.69 Å². The lowest BCUT2D eigenvalue weighted by molar-refractivity contribution is 0.0937. The molecule has 0 spiro atoms. The van der Waals surface area contributed by atoms with Gasteiger partial charge in [0.1, 0.15) is 5.82 Å². The lowest BCUT2D eigenvalue weighted by Crippen LogP contribution is -2.44. The van der Waals surface area contributed by atoms with Crippen molar-refractivity contribution < 1.29 is 4.79 Å². The molecule has 1 amide bonds.